The maximum atomic E-state index is 13.1. The van der Waals surface area contributed by atoms with E-state index < -0.39 is 23.6 Å². The maximum Gasteiger partial charge on any atom is 0.289 e. The molecule has 0 unspecified atom stereocenters. The quantitative estimate of drug-likeness (QED) is 0.544. The van der Waals surface area contributed by atoms with Gasteiger partial charge in [0.2, 0.25) is 5.78 Å². The summed E-state index contributed by atoms with van der Waals surface area (Å²) in [6, 6.07) is 13.5. The summed E-state index contributed by atoms with van der Waals surface area (Å²) in [4.78, 5) is 42.5. The summed E-state index contributed by atoms with van der Waals surface area (Å²) in [7, 11) is 0. The van der Waals surface area contributed by atoms with Crippen molar-refractivity contribution in [3.8, 4) is 5.69 Å². The van der Waals surface area contributed by atoms with Gasteiger partial charge in [0.25, 0.3) is 11.8 Å². The fourth-order valence-corrected chi connectivity index (χ4v) is 3.27. The lowest BCUT2D eigenvalue weighted by Gasteiger charge is -2.18. The van der Waals surface area contributed by atoms with Crippen LogP contribution in [0, 0.1) is 6.92 Å². The minimum absolute atomic E-state index is 0.0548. The zero-order chi connectivity index (χ0) is 21.8. The zero-order valence-corrected chi connectivity index (χ0v) is 17.1. The minimum atomic E-state index is -0.994. The van der Waals surface area contributed by atoms with Crippen LogP contribution >= 0.6 is 0 Å². The molecule has 2 amide bonds. The molecule has 31 heavy (non-hydrogen) atoms. The van der Waals surface area contributed by atoms with E-state index in [1.807, 2.05) is 30.3 Å². The van der Waals surface area contributed by atoms with Gasteiger partial charge in [0.15, 0.2) is 0 Å². The fourth-order valence-electron chi connectivity index (χ4n) is 3.27. The lowest BCUT2D eigenvalue weighted by atomic mass is 10.0. The molecule has 0 aliphatic heterocycles. The Balaban J connectivity index is 1.58. The molecule has 1 saturated carbocycles. The van der Waals surface area contributed by atoms with E-state index in [1.165, 1.54) is 4.68 Å². The Morgan fingerprint density at radius 3 is 2.58 bits per heavy atom. The van der Waals surface area contributed by atoms with Crippen LogP contribution in [0.4, 0.5) is 0 Å². The second kappa shape index (κ2) is 8.91. The minimum Gasteiger partial charge on any atom is -0.347 e. The van der Waals surface area contributed by atoms with Gasteiger partial charge < -0.3 is 10.6 Å². The molecule has 0 spiro atoms. The molecule has 1 aliphatic rings. The Bertz CT molecular complexity index is 1090. The number of nitrogens with one attached hydrogen (secondary N) is 2. The van der Waals surface area contributed by atoms with E-state index in [4.69, 9.17) is 0 Å². The number of ketones is 1. The zero-order valence-electron chi connectivity index (χ0n) is 17.1. The van der Waals surface area contributed by atoms with E-state index in [2.05, 4.69) is 20.7 Å². The van der Waals surface area contributed by atoms with Crippen molar-refractivity contribution in [2.45, 2.75) is 38.3 Å². The number of pyridine rings is 1. The monoisotopic (exact) mass is 417 g/mol. The van der Waals surface area contributed by atoms with Crippen LogP contribution < -0.4 is 10.6 Å². The number of carbonyl (C=O) groups excluding carboxylic acids is 3. The average molecular weight is 417 g/mol. The molecule has 0 saturated heterocycles. The van der Waals surface area contributed by atoms with Crippen molar-refractivity contribution in [1.29, 1.82) is 0 Å². The SMILES string of the molecule is Cc1cc(C(=O)N[C@@H](Cc2ccccc2)C(=O)C(=O)NC2CC2)n(-c2cccnc2)n1. The Morgan fingerprint density at radius 1 is 1.13 bits per heavy atom. The smallest absolute Gasteiger partial charge is 0.289 e. The van der Waals surface area contributed by atoms with E-state index in [-0.39, 0.29) is 18.2 Å². The largest absolute Gasteiger partial charge is 0.347 e. The topological polar surface area (TPSA) is 106 Å². The van der Waals surface area contributed by atoms with Gasteiger partial charge in [0, 0.05) is 18.7 Å². The van der Waals surface area contributed by atoms with Gasteiger partial charge in [-0.15, -0.1) is 0 Å². The van der Waals surface area contributed by atoms with Crippen LogP contribution in [0.3, 0.4) is 0 Å². The van der Waals surface area contributed by atoms with Crippen molar-refractivity contribution in [2.75, 3.05) is 0 Å². The Labute approximate surface area is 179 Å². The number of amides is 2. The molecule has 2 N–H and O–H groups in total. The van der Waals surface area contributed by atoms with Crippen molar-refractivity contribution in [2.24, 2.45) is 0 Å². The Kier molecular flexibility index (Phi) is 5.88. The van der Waals surface area contributed by atoms with Crippen molar-refractivity contribution in [1.82, 2.24) is 25.4 Å². The number of aryl methyl sites for hydroxylation is 1. The molecule has 8 heteroatoms. The van der Waals surface area contributed by atoms with E-state index in [1.54, 1.807) is 37.5 Å². The first-order valence-electron chi connectivity index (χ1n) is 10.2. The lowest BCUT2D eigenvalue weighted by molar-refractivity contribution is -0.139. The molecule has 2 heterocycles. The molecule has 1 aliphatic carbocycles. The van der Waals surface area contributed by atoms with Gasteiger partial charge in [-0.2, -0.15) is 5.10 Å². The molecular weight excluding hydrogens is 394 g/mol. The third kappa shape index (κ3) is 5.03. The molecule has 2 aromatic heterocycles. The van der Waals surface area contributed by atoms with E-state index in [0.29, 0.717) is 11.4 Å². The van der Waals surface area contributed by atoms with Crippen molar-refractivity contribution in [3.05, 3.63) is 77.9 Å². The van der Waals surface area contributed by atoms with Crippen LogP contribution in [0.1, 0.15) is 34.6 Å². The highest BCUT2D eigenvalue weighted by atomic mass is 16.2. The van der Waals surface area contributed by atoms with Crippen LogP contribution in [0.2, 0.25) is 0 Å². The van der Waals surface area contributed by atoms with Gasteiger partial charge in [0.1, 0.15) is 11.7 Å². The summed E-state index contributed by atoms with van der Waals surface area (Å²) < 4.78 is 1.48. The molecule has 158 valence electrons. The molecule has 1 fully saturated rings. The summed E-state index contributed by atoms with van der Waals surface area (Å²) in [5.41, 5.74) is 2.38. The molecular formula is C23H23N5O3. The number of hydrogen-bond acceptors (Lipinski definition) is 5. The summed E-state index contributed by atoms with van der Waals surface area (Å²) in [6.07, 6.45) is 5.19. The van der Waals surface area contributed by atoms with Crippen molar-refractivity contribution >= 4 is 17.6 Å². The standard InChI is InChI=1S/C23H23N5O3/c1-15-12-20(28(27-15)18-8-5-11-24-14-18)22(30)26-19(13-16-6-3-2-4-7-16)21(29)23(31)25-17-9-10-17/h2-8,11-12,14,17,19H,9-10,13H2,1H3,(H,25,31)(H,26,30)/t19-/m0/s1. The molecule has 8 nitrogen and oxygen atoms in total. The number of Topliss-reactive ketones (excluding diaryl/α,β-unsaturated/α-hetero) is 1. The van der Waals surface area contributed by atoms with E-state index in [0.717, 1.165) is 18.4 Å². The molecule has 4 rings (SSSR count). The second-order valence-electron chi connectivity index (χ2n) is 7.62. The number of carbonyl (C=O) groups is 3. The highest BCUT2D eigenvalue weighted by Crippen LogP contribution is 2.19. The maximum absolute atomic E-state index is 13.1. The van der Waals surface area contributed by atoms with Gasteiger partial charge in [-0.3, -0.25) is 19.4 Å². The van der Waals surface area contributed by atoms with Gasteiger partial charge >= 0.3 is 0 Å². The number of aromatic nitrogens is 3. The predicted molar refractivity (Wildman–Crippen MR) is 114 cm³/mol. The van der Waals surface area contributed by atoms with Crippen LogP contribution in [0.25, 0.3) is 5.69 Å². The summed E-state index contributed by atoms with van der Waals surface area (Å²) in [5.74, 6) is -1.81. The highest BCUT2D eigenvalue weighted by Gasteiger charge is 2.32. The van der Waals surface area contributed by atoms with Crippen LogP contribution in [0.5, 0.6) is 0 Å². The second-order valence-corrected chi connectivity index (χ2v) is 7.62. The number of nitrogens with zero attached hydrogens (tertiary/aromatic N) is 3. The lowest BCUT2D eigenvalue weighted by Crippen LogP contribution is -2.49. The van der Waals surface area contributed by atoms with E-state index in [9.17, 15) is 14.4 Å². The van der Waals surface area contributed by atoms with Crippen LogP contribution in [-0.4, -0.2) is 44.4 Å². The first kappa shape index (κ1) is 20.5. The van der Waals surface area contributed by atoms with Gasteiger partial charge in [0.05, 0.1) is 17.6 Å². The van der Waals surface area contributed by atoms with Gasteiger partial charge in [-0.05, 0) is 43.5 Å². The normalized spacial score (nSPS) is 14.0. The molecule has 0 bridgehead atoms. The summed E-state index contributed by atoms with van der Waals surface area (Å²) >= 11 is 0. The third-order valence-electron chi connectivity index (χ3n) is 5.00. The Morgan fingerprint density at radius 2 is 1.90 bits per heavy atom. The van der Waals surface area contributed by atoms with Crippen molar-refractivity contribution in [3.63, 3.8) is 0 Å². The average Bonchev–Trinajstić information content (AvgIpc) is 3.51. The predicted octanol–water partition coefficient (Wildman–Crippen LogP) is 1.76. The molecule has 1 aromatic carbocycles. The van der Waals surface area contributed by atoms with Crippen LogP contribution in [-0.2, 0) is 16.0 Å². The molecule has 0 radical (unpaired) electrons. The fraction of sp³-hybridized carbons (Fsp3) is 0.261. The number of benzene rings is 1. The summed E-state index contributed by atoms with van der Waals surface area (Å²) in [5, 5.41) is 9.83. The Hall–Kier alpha value is -3.81. The molecule has 3 aromatic rings. The van der Waals surface area contributed by atoms with Crippen LogP contribution in [0.15, 0.2) is 60.9 Å². The van der Waals surface area contributed by atoms with Gasteiger partial charge in [-0.25, -0.2) is 4.68 Å². The highest BCUT2D eigenvalue weighted by molar-refractivity contribution is 6.38. The van der Waals surface area contributed by atoms with E-state index >= 15 is 0 Å². The number of hydrogen-bond donors (Lipinski definition) is 2. The first-order chi connectivity index (χ1) is 15.0. The van der Waals surface area contributed by atoms with Crippen molar-refractivity contribution < 1.29 is 14.4 Å². The third-order valence-corrected chi connectivity index (χ3v) is 5.00. The van der Waals surface area contributed by atoms with Gasteiger partial charge in [-0.1, -0.05) is 30.3 Å². The molecule has 1 atom stereocenters. The first-order valence-corrected chi connectivity index (χ1v) is 10.2. The number of rotatable bonds is 8. The summed E-state index contributed by atoms with van der Waals surface area (Å²) in [6.45, 7) is 1.78.